The Labute approximate surface area is 133 Å². The molecule has 2 aromatic rings. The molecule has 0 saturated heterocycles. The molecule has 1 amide bonds. The van der Waals surface area contributed by atoms with Gasteiger partial charge in [-0.15, -0.1) is 0 Å². The third kappa shape index (κ3) is 3.21. The fourth-order valence-electron chi connectivity index (χ4n) is 1.77. The van der Waals surface area contributed by atoms with Crippen molar-refractivity contribution >= 4 is 49.1 Å². The summed E-state index contributed by atoms with van der Waals surface area (Å²) in [5.41, 5.74) is 8.04. The molecule has 0 radical (unpaired) electrons. The minimum absolute atomic E-state index is 0.225. The number of aromatic amines is 1. The first-order chi connectivity index (χ1) is 9.52. The van der Waals surface area contributed by atoms with Gasteiger partial charge >= 0.3 is 0 Å². The number of nitrogen functional groups attached to an aromatic ring is 1. The molecule has 1 aromatic carbocycles. The number of amides is 1. The van der Waals surface area contributed by atoms with Gasteiger partial charge in [0.15, 0.2) is 5.69 Å². The van der Waals surface area contributed by atoms with Crippen LogP contribution in [0, 0.1) is 0 Å². The average molecular weight is 402 g/mol. The Kier molecular flexibility index (Phi) is 4.82. The SMILES string of the molecule is CCCc1[nH]nc(C(=O)Nc2ccc(Br)cc2Br)c1N. The van der Waals surface area contributed by atoms with Crippen LogP contribution in [0.5, 0.6) is 0 Å². The zero-order valence-corrected chi connectivity index (χ0v) is 14.0. The number of aryl methyl sites for hydroxylation is 1. The van der Waals surface area contributed by atoms with E-state index in [0.717, 1.165) is 27.5 Å². The molecule has 106 valence electrons. The van der Waals surface area contributed by atoms with Gasteiger partial charge in [0.25, 0.3) is 5.91 Å². The number of H-pyrrole nitrogens is 1. The summed E-state index contributed by atoms with van der Waals surface area (Å²) in [6, 6.07) is 5.49. The highest BCUT2D eigenvalue weighted by atomic mass is 79.9. The van der Waals surface area contributed by atoms with Crippen molar-refractivity contribution in [2.75, 3.05) is 11.1 Å². The molecule has 0 fully saturated rings. The number of nitrogens with two attached hydrogens (primary N) is 1. The first kappa shape index (κ1) is 15.1. The van der Waals surface area contributed by atoms with Crippen LogP contribution >= 0.6 is 31.9 Å². The monoisotopic (exact) mass is 400 g/mol. The zero-order chi connectivity index (χ0) is 14.7. The molecular weight excluding hydrogens is 388 g/mol. The Morgan fingerprint density at radius 1 is 1.45 bits per heavy atom. The third-order valence-corrected chi connectivity index (χ3v) is 3.93. The molecule has 4 N–H and O–H groups in total. The predicted molar refractivity (Wildman–Crippen MR) is 86.8 cm³/mol. The van der Waals surface area contributed by atoms with E-state index in [1.54, 1.807) is 6.07 Å². The van der Waals surface area contributed by atoms with Crippen molar-refractivity contribution in [2.45, 2.75) is 19.8 Å². The maximum Gasteiger partial charge on any atom is 0.278 e. The zero-order valence-electron chi connectivity index (χ0n) is 10.8. The van der Waals surface area contributed by atoms with E-state index in [0.29, 0.717) is 11.4 Å². The van der Waals surface area contributed by atoms with E-state index < -0.39 is 0 Å². The van der Waals surface area contributed by atoms with Crippen molar-refractivity contribution in [2.24, 2.45) is 0 Å². The number of nitrogens with zero attached hydrogens (tertiary/aromatic N) is 1. The summed E-state index contributed by atoms with van der Waals surface area (Å²) >= 11 is 6.75. The summed E-state index contributed by atoms with van der Waals surface area (Å²) in [7, 11) is 0. The summed E-state index contributed by atoms with van der Waals surface area (Å²) in [5.74, 6) is -0.330. The quantitative estimate of drug-likeness (QED) is 0.729. The van der Waals surface area contributed by atoms with Crippen LogP contribution in [0.4, 0.5) is 11.4 Å². The maximum absolute atomic E-state index is 12.2. The summed E-state index contributed by atoms with van der Waals surface area (Å²) in [6.07, 6.45) is 1.71. The van der Waals surface area contributed by atoms with Crippen molar-refractivity contribution in [3.8, 4) is 0 Å². The van der Waals surface area contributed by atoms with Gasteiger partial charge in [-0.05, 0) is 40.5 Å². The second-order valence-electron chi connectivity index (χ2n) is 4.29. The van der Waals surface area contributed by atoms with E-state index >= 15 is 0 Å². The standard InChI is InChI=1S/C13H14Br2N4O/c1-2-3-10-11(16)12(19-18-10)13(20)17-9-5-4-7(14)6-8(9)15/h4-6H,2-3,16H2,1H3,(H,17,20)(H,18,19). The molecule has 0 aliphatic rings. The summed E-state index contributed by atoms with van der Waals surface area (Å²) in [4.78, 5) is 12.2. The van der Waals surface area contributed by atoms with Gasteiger partial charge < -0.3 is 11.1 Å². The Bertz CT molecular complexity index is 639. The number of rotatable bonds is 4. The molecule has 0 aliphatic carbocycles. The van der Waals surface area contributed by atoms with Crippen LogP contribution in [0.2, 0.25) is 0 Å². The minimum atomic E-state index is -0.330. The van der Waals surface area contributed by atoms with E-state index in [2.05, 4.69) is 47.4 Å². The first-order valence-electron chi connectivity index (χ1n) is 6.12. The van der Waals surface area contributed by atoms with Gasteiger partial charge in [-0.25, -0.2) is 0 Å². The number of aromatic nitrogens is 2. The second kappa shape index (κ2) is 6.41. The van der Waals surface area contributed by atoms with Crippen molar-refractivity contribution < 1.29 is 4.79 Å². The number of anilines is 2. The number of nitrogens with one attached hydrogen (secondary N) is 2. The number of halogens is 2. The summed E-state index contributed by atoms with van der Waals surface area (Å²) < 4.78 is 1.70. The van der Waals surface area contributed by atoms with Crippen molar-refractivity contribution in [3.63, 3.8) is 0 Å². The van der Waals surface area contributed by atoms with E-state index in [9.17, 15) is 4.79 Å². The van der Waals surface area contributed by atoms with E-state index in [1.165, 1.54) is 0 Å². The van der Waals surface area contributed by atoms with Crippen LogP contribution in [-0.2, 0) is 6.42 Å². The number of carbonyl (C=O) groups is 1. The lowest BCUT2D eigenvalue weighted by atomic mass is 10.2. The lowest BCUT2D eigenvalue weighted by Gasteiger charge is -2.06. The van der Waals surface area contributed by atoms with Crippen LogP contribution in [0.3, 0.4) is 0 Å². The van der Waals surface area contributed by atoms with Crippen LogP contribution < -0.4 is 11.1 Å². The molecule has 20 heavy (non-hydrogen) atoms. The molecule has 0 atom stereocenters. The van der Waals surface area contributed by atoms with Crippen molar-refractivity contribution in [3.05, 3.63) is 38.5 Å². The molecule has 0 saturated carbocycles. The number of benzene rings is 1. The molecule has 0 aliphatic heterocycles. The normalized spacial score (nSPS) is 10.6. The largest absolute Gasteiger partial charge is 0.395 e. The van der Waals surface area contributed by atoms with Gasteiger partial charge in [-0.2, -0.15) is 5.10 Å². The lowest BCUT2D eigenvalue weighted by Crippen LogP contribution is -2.14. The predicted octanol–water partition coefficient (Wildman–Crippen LogP) is 3.72. The molecule has 1 aromatic heterocycles. The number of carbonyl (C=O) groups excluding carboxylic acids is 1. The smallest absolute Gasteiger partial charge is 0.278 e. The van der Waals surface area contributed by atoms with Gasteiger partial charge in [-0.3, -0.25) is 9.89 Å². The Hall–Kier alpha value is -1.34. The highest BCUT2D eigenvalue weighted by Crippen LogP contribution is 2.27. The summed E-state index contributed by atoms with van der Waals surface area (Å²) in [6.45, 7) is 2.04. The maximum atomic E-state index is 12.2. The number of hydrogen-bond acceptors (Lipinski definition) is 3. The van der Waals surface area contributed by atoms with E-state index in [4.69, 9.17) is 5.73 Å². The van der Waals surface area contributed by atoms with E-state index in [1.807, 2.05) is 19.1 Å². The third-order valence-electron chi connectivity index (χ3n) is 2.78. The van der Waals surface area contributed by atoms with Gasteiger partial charge in [0.1, 0.15) is 0 Å². The number of hydrogen-bond donors (Lipinski definition) is 3. The average Bonchev–Trinajstić information content (AvgIpc) is 2.75. The molecule has 7 heteroatoms. The van der Waals surface area contributed by atoms with Crippen LogP contribution in [0.25, 0.3) is 0 Å². The van der Waals surface area contributed by atoms with Crippen LogP contribution in [0.1, 0.15) is 29.5 Å². The highest BCUT2D eigenvalue weighted by molar-refractivity contribution is 9.11. The van der Waals surface area contributed by atoms with Gasteiger partial charge in [0.2, 0.25) is 0 Å². The van der Waals surface area contributed by atoms with Gasteiger partial charge in [0.05, 0.1) is 17.1 Å². The molecule has 0 spiro atoms. The van der Waals surface area contributed by atoms with E-state index in [-0.39, 0.29) is 11.6 Å². The van der Waals surface area contributed by atoms with Gasteiger partial charge in [-0.1, -0.05) is 29.3 Å². The first-order valence-corrected chi connectivity index (χ1v) is 7.70. The Balaban J connectivity index is 2.20. The fraction of sp³-hybridized carbons (Fsp3) is 0.231. The lowest BCUT2D eigenvalue weighted by molar-refractivity contribution is 0.102. The minimum Gasteiger partial charge on any atom is -0.395 e. The van der Waals surface area contributed by atoms with Crippen LogP contribution in [-0.4, -0.2) is 16.1 Å². The van der Waals surface area contributed by atoms with Crippen LogP contribution in [0.15, 0.2) is 27.1 Å². The molecule has 0 unspecified atom stereocenters. The highest BCUT2D eigenvalue weighted by Gasteiger charge is 2.17. The molecule has 1 heterocycles. The molecule has 0 bridgehead atoms. The van der Waals surface area contributed by atoms with Crippen molar-refractivity contribution in [1.29, 1.82) is 0 Å². The van der Waals surface area contributed by atoms with Gasteiger partial charge in [0, 0.05) is 8.95 Å². The molecule has 5 nitrogen and oxygen atoms in total. The Morgan fingerprint density at radius 2 is 2.20 bits per heavy atom. The second-order valence-corrected chi connectivity index (χ2v) is 6.06. The fourth-order valence-corrected chi connectivity index (χ4v) is 2.92. The molecular formula is C13H14Br2N4O. The topological polar surface area (TPSA) is 83.8 Å². The molecule has 2 rings (SSSR count). The Morgan fingerprint density at radius 3 is 2.85 bits per heavy atom. The van der Waals surface area contributed by atoms with Crippen molar-refractivity contribution in [1.82, 2.24) is 10.2 Å². The summed E-state index contributed by atoms with van der Waals surface area (Å²) in [5, 5.41) is 9.58.